The lowest BCUT2D eigenvalue weighted by atomic mass is 10.1. The summed E-state index contributed by atoms with van der Waals surface area (Å²) in [6.45, 7) is 2.00. The van der Waals surface area contributed by atoms with E-state index in [1.807, 2.05) is 49.4 Å². The Bertz CT molecular complexity index is 950. The molecule has 0 saturated heterocycles. The lowest BCUT2D eigenvalue weighted by Crippen LogP contribution is -2.22. The maximum Gasteiger partial charge on any atom is 0.243 e. The summed E-state index contributed by atoms with van der Waals surface area (Å²) < 4.78 is 0. The van der Waals surface area contributed by atoms with E-state index in [0.717, 1.165) is 35.3 Å². The van der Waals surface area contributed by atoms with Crippen LogP contribution in [0.25, 0.3) is 0 Å². The van der Waals surface area contributed by atoms with Crippen molar-refractivity contribution < 1.29 is 14.4 Å². The first-order valence-corrected chi connectivity index (χ1v) is 10.6. The van der Waals surface area contributed by atoms with Crippen LogP contribution in [-0.4, -0.2) is 43.3 Å². The molecule has 7 nitrogen and oxygen atoms in total. The van der Waals surface area contributed by atoms with E-state index in [1.165, 1.54) is 0 Å². The molecule has 1 aliphatic rings. The quantitative estimate of drug-likeness (QED) is 0.578. The molecule has 0 aliphatic heterocycles. The summed E-state index contributed by atoms with van der Waals surface area (Å²) in [4.78, 5) is 37.7. The number of benzene rings is 2. The van der Waals surface area contributed by atoms with Gasteiger partial charge < -0.3 is 20.9 Å². The van der Waals surface area contributed by atoms with Crippen LogP contribution in [0.5, 0.6) is 0 Å². The zero-order valence-electron chi connectivity index (χ0n) is 18.3. The third-order valence-corrected chi connectivity index (χ3v) is 5.35. The second-order valence-electron chi connectivity index (χ2n) is 8.13. The van der Waals surface area contributed by atoms with E-state index < -0.39 is 0 Å². The molecule has 0 heterocycles. The largest absolute Gasteiger partial charge is 0.376 e. The van der Waals surface area contributed by atoms with Crippen molar-refractivity contribution in [1.82, 2.24) is 4.90 Å². The number of carbonyl (C=O) groups excluding carboxylic acids is 3. The van der Waals surface area contributed by atoms with Crippen molar-refractivity contribution in [2.45, 2.75) is 32.6 Å². The SMILES string of the molecule is Cc1c(NC(=O)CNc2ccc(CCC(=O)N(C)C)cc2)cccc1NC(=O)C1CC1. The monoisotopic (exact) mass is 422 g/mol. The Morgan fingerprint density at radius 2 is 1.61 bits per heavy atom. The van der Waals surface area contributed by atoms with E-state index in [1.54, 1.807) is 19.0 Å². The van der Waals surface area contributed by atoms with Crippen LogP contribution >= 0.6 is 0 Å². The number of anilines is 3. The second-order valence-corrected chi connectivity index (χ2v) is 8.13. The average Bonchev–Trinajstić information content (AvgIpc) is 3.59. The van der Waals surface area contributed by atoms with Gasteiger partial charge in [-0.25, -0.2) is 0 Å². The van der Waals surface area contributed by atoms with E-state index in [2.05, 4.69) is 16.0 Å². The highest BCUT2D eigenvalue weighted by atomic mass is 16.2. The van der Waals surface area contributed by atoms with E-state index in [-0.39, 0.29) is 30.2 Å². The molecule has 3 amide bonds. The average molecular weight is 423 g/mol. The molecule has 1 saturated carbocycles. The molecular formula is C24H30N4O3. The van der Waals surface area contributed by atoms with Gasteiger partial charge in [0.15, 0.2) is 0 Å². The maximum atomic E-state index is 12.4. The van der Waals surface area contributed by atoms with Gasteiger partial charge >= 0.3 is 0 Å². The van der Waals surface area contributed by atoms with E-state index in [4.69, 9.17) is 0 Å². The smallest absolute Gasteiger partial charge is 0.243 e. The highest BCUT2D eigenvalue weighted by molar-refractivity contribution is 5.98. The third-order valence-electron chi connectivity index (χ3n) is 5.35. The minimum atomic E-state index is -0.172. The standard InChI is InChI=1S/C24H30N4O3/c1-16-20(5-4-6-21(16)27-24(31)18-10-11-18)26-22(29)15-25-19-12-7-17(8-13-19)9-14-23(30)28(2)3/h4-8,12-13,18,25H,9-11,14-15H2,1-3H3,(H,26,29)(H,27,31). The summed E-state index contributed by atoms with van der Waals surface area (Å²) in [5.41, 5.74) is 4.15. The summed E-state index contributed by atoms with van der Waals surface area (Å²) in [6.07, 6.45) is 3.05. The van der Waals surface area contributed by atoms with Crippen LogP contribution in [0.2, 0.25) is 0 Å². The Morgan fingerprint density at radius 3 is 2.23 bits per heavy atom. The number of amides is 3. The number of aryl methyl sites for hydroxylation is 1. The predicted molar refractivity (Wildman–Crippen MR) is 123 cm³/mol. The van der Waals surface area contributed by atoms with E-state index in [0.29, 0.717) is 18.5 Å². The molecule has 3 N–H and O–H groups in total. The molecule has 2 aromatic rings. The molecule has 0 bridgehead atoms. The van der Waals surface area contributed by atoms with Gasteiger partial charge in [-0.2, -0.15) is 0 Å². The van der Waals surface area contributed by atoms with Gasteiger partial charge in [0.2, 0.25) is 17.7 Å². The number of hydrogen-bond acceptors (Lipinski definition) is 4. The Labute approximate surface area is 183 Å². The van der Waals surface area contributed by atoms with Crippen molar-refractivity contribution in [3.8, 4) is 0 Å². The van der Waals surface area contributed by atoms with Crippen LogP contribution in [0.15, 0.2) is 42.5 Å². The molecule has 0 spiro atoms. The summed E-state index contributed by atoms with van der Waals surface area (Å²) in [5, 5.41) is 8.95. The maximum absolute atomic E-state index is 12.4. The number of carbonyl (C=O) groups is 3. The fourth-order valence-electron chi connectivity index (χ4n) is 3.13. The van der Waals surface area contributed by atoms with Gasteiger partial charge in [-0.05, 0) is 61.6 Å². The molecule has 1 fully saturated rings. The van der Waals surface area contributed by atoms with Crippen molar-refractivity contribution in [1.29, 1.82) is 0 Å². The Hall–Kier alpha value is -3.35. The highest BCUT2D eigenvalue weighted by Crippen LogP contribution is 2.31. The lowest BCUT2D eigenvalue weighted by molar-refractivity contribution is -0.128. The van der Waals surface area contributed by atoms with Crippen molar-refractivity contribution >= 4 is 34.8 Å². The molecule has 31 heavy (non-hydrogen) atoms. The van der Waals surface area contributed by atoms with Crippen LogP contribution in [0.1, 0.15) is 30.4 Å². The molecule has 0 atom stereocenters. The van der Waals surface area contributed by atoms with Crippen LogP contribution in [-0.2, 0) is 20.8 Å². The molecule has 0 unspecified atom stereocenters. The van der Waals surface area contributed by atoms with Gasteiger partial charge in [0.1, 0.15) is 0 Å². The predicted octanol–water partition coefficient (Wildman–Crippen LogP) is 3.41. The van der Waals surface area contributed by atoms with E-state index in [9.17, 15) is 14.4 Å². The first-order chi connectivity index (χ1) is 14.8. The fourth-order valence-corrected chi connectivity index (χ4v) is 3.13. The Balaban J connectivity index is 1.49. The fraction of sp³-hybridized carbons (Fsp3) is 0.375. The van der Waals surface area contributed by atoms with Gasteiger partial charge in [0.05, 0.1) is 6.54 Å². The summed E-state index contributed by atoms with van der Waals surface area (Å²) in [7, 11) is 3.50. The molecule has 0 aromatic heterocycles. The summed E-state index contributed by atoms with van der Waals surface area (Å²) in [5.74, 6) is 0.101. The second kappa shape index (κ2) is 10.1. The van der Waals surface area contributed by atoms with Crippen molar-refractivity contribution in [3.05, 3.63) is 53.6 Å². The zero-order chi connectivity index (χ0) is 22.4. The van der Waals surface area contributed by atoms with Gasteiger partial charge in [0.25, 0.3) is 0 Å². The van der Waals surface area contributed by atoms with Crippen molar-refractivity contribution in [3.63, 3.8) is 0 Å². The van der Waals surface area contributed by atoms with E-state index >= 15 is 0 Å². The molecule has 0 radical (unpaired) electrons. The summed E-state index contributed by atoms with van der Waals surface area (Å²) >= 11 is 0. The first-order valence-electron chi connectivity index (χ1n) is 10.6. The lowest BCUT2D eigenvalue weighted by Gasteiger charge is -2.14. The Morgan fingerprint density at radius 1 is 0.968 bits per heavy atom. The van der Waals surface area contributed by atoms with Crippen LogP contribution in [0.3, 0.4) is 0 Å². The summed E-state index contributed by atoms with van der Waals surface area (Å²) in [6, 6.07) is 13.2. The molecule has 164 valence electrons. The molecular weight excluding hydrogens is 392 g/mol. The Kier molecular flexibility index (Phi) is 7.28. The molecule has 1 aliphatic carbocycles. The third kappa shape index (κ3) is 6.57. The number of rotatable bonds is 9. The van der Waals surface area contributed by atoms with Crippen molar-refractivity contribution in [2.75, 3.05) is 36.6 Å². The van der Waals surface area contributed by atoms with Crippen LogP contribution in [0.4, 0.5) is 17.1 Å². The number of nitrogens with one attached hydrogen (secondary N) is 3. The topological polar surface area (TPSA) is 90.5 Å². The van der Waals surface area contributed by atoms with Crippen LogP contribution < -0.4 is 16.0 Å². The normalized spacial score (nSPS) is 12.7. The van der Waals surface area contributed by atoms with Gasteiger partial charge in [-0.3, -0.25) is 14.4 Å². The molecule has 7 heteroatoms. The van der Waals surface area contributed by atoms with Crippen molar-refractivity contribution in [2.24, 2.45) is 5.92 Å². The minimum Gasteiger partial charge on any atom is -0.376 e. The highest BCUT2D eigenvalue weighted by Gasteiger charge is 2.29. The van der Waals surface area contributed by atoms with Gasteiger partial charge in [-0.15, -0.1) is 0 Å². The van der Waals surface area contributed by atoms with Gasteiger partial charge in [-0.1, -0.05) is 18.2 Å². The van der Waals surface area contributed by atoms with Crippen LogP contribution in [0, 0.1) is 12.8 Å². The molecule has 3 rings (SSSR count). The minimum absolute atomic E-state index is 0.0442. The number of hydrogen-bond donors (Lipinski definition) is 3. The molecule has 2 aromatic carbocycles. The number of nitrogens with zero attached hydrogens (tertiary/aromatic N) is 1. The first kappa shape index (κ1) is 22.3. The van der Waals surface area contributed by atoms with Gasteiger partial charge in [0, 0.05) is 43.5 Å². The zero-order valence-corrected chi connectivity index (χ0v) is 18.3.